The molecule has 186 valence electrons. The minimum Gasteiger partial charge on any atom is -0.497 e. The van der Waals surface area contributed by atoms with Crippen LogP contribution in [0.25, 0.3) is 0 Å². The van der Waals surface area contributed by atoms with E-state index in [1.165, 1.54) is 0 Å². The maximum absolute atomic E-state index is 12.9. The number of hydrazone groups is 1. The highest BCUT2D eigenvalue weighted by Crippen LogP contribution is 2.35. The van der Waals surface area contributed by atoms with Gasteiger partial charge in [0.05, 0.1) is 31.0 Å². The fraction of sp³-hybridized carbons (Fsp3) is 0.346. The molecule has 0 saturated carbocycles. The second-order valence-corrected chi connectivity index (χ2v) is 8.73. The van der Waals surface area contributed by atoms with Gasteiger partial charge in [0.1, 0.15) is 11.6 Å². The Morgan fingerprint density at radius 1 is 1.23 bits per heavy atom. The number of halogens is 1. The number of unbranched alkanes of at least 4 members (excludes halogenated alkanes) is 2. The van der Waals surface area contributed by atoms with Crippen LogP contribution in [0.15, 0.2) is 64.8 Å². The van der Waals surface area contributed by atoms with Gasteiger partial charge in [0.25, 0.3) is 0 Å². The lowest BCUT2D eigenvalue weighted by molar-refractivity contribution is -0.121. The van der Waals surface area contributed by atoms with Crippen molar-refractivity contribution in [1.29, 1.82) is 0 Å². The molecule has 0 saturated heterocycles. The van der Waals surface area contributed by atoms with E-state index in [-0.39, 0.29) is 12.3 Å². The number of methoxy groups -OCH3 is 1. The molecule has 0 radical (unpaired) electrons. The monoisotopic (exact) mass is 496 g/mol. The van der Waals surface area contributed by atoms with E-state index in [9.17, 15) is 4.79 Å². The minimum atomic E-state index is -0.542. The van der Waals surface area contributed by atoms with Crippen molar-refractivity contribution in [1.82, 2.24) is 5.32 Å². The number of carbonyl (C=O) groups excluding carboxylic acids is 1. The number of hydrogen-bond donors (Lipinski definition) is 3. The molecule has 8 nitrogen and oxygen atoms in total. The van der Waals surface area contributed by atoms with Gasteiger partial charge < -0.3 is 21.6 Å². The van der Waals surface area contributed by atoms with Gasteiger partial charge in [0, 0.05) is 28.4 Å². The zero-order chi connectivity index (χ0) is 25.4. The van der Waals surface area contributed by atoms with Gasteiger partial charge in [-0.15, -0.1) is 0 Å². The average molecular weight is 497 g/mol. The first kappa shape index (κ1) is 26.2. The number of nitrogens with one attached hydrogen (secondary N) is 1. The Kier molecular flexibility index (Phi) is 9.28. The zero-order valence-corrected chi connectivity index (χ0v) is 21.0. The number of ether oxygens (including phenoxy) is 1. The van der Waals surface area contributed by atoms with E-state index in [1.807, 2.05) is 47.4 Å². The van der Waals surface area contributed by atoms with E-state index in [2.05, 4.69) is 17.0 Å². The van der Waals surface area contributed by atoms with E-state index >= 15 is 0 Å². The number of anilines is 1. The molecule has 0 fully saturated rings. The predicted octanol–water partition coefficient (Wildman–Crippen LogP) is 3.82. The Hall–Kier alpha value is -3.36. The largest absolute Gasteiger partial charge is 0.497 e. The second-order valence-electron chi connectivity index (χ2n) is 8.29. The number of carbonyl (C=O) groups is 1. The van der Waals surface area contributed by atoms with Gasteiger partial charge in [-0.05, 0) is 56.6 Å². The SMILES string of the molecule is C=C1[C@H](CC(=O)NCCCCCN)N=C(c2ccc(Cl)cc2)c2cc(OC)ccc2N1/C(C)=N\N. The minimum absolute atomic E-state index is 0.103. The van der Waals surface area contributed by atoms with Crippen molar-refractivity contribution in [3.05, 3.63) is 70.9 Å². The first-order valence-electron chi connectivity index (χ1n) is 11.6. The fourth-order valence-electron chi connectivity index (χ4n) is 3.99. The molecule has 1 aliphatic rings. The van der Waals surface area contributed by atoms with Crippen molar-refractivity contribution in [2.75, 3.05) is 25.1 Å². The van der Waals surface area contributed by atoms with Gasteiger partial charge in [-0.1, -0.05) is 36.7 Å². The number of amidine groups is 1. The summed E-state index contributed by atoms with van der Waals surface area (Å²) in [5.74, 6) is 6.78. The topological polar surface area (TPSA) is 118 Å². The van der Waals surface area contributed by atoms with Crippen LogP contribution in [0.3, 0.4) is 0 Å². The lowest BCUT2D eigenvalue weighted by Gasteiger charge is -2.28. The molecule has 9 heteroatoms. The zero-order valence-electron chi connectivity index (χ0n) is 20.3. The molecule has 0 unspecified atom stereocenters. The molecule has 3 rings (SSSR count). The Labute approximate surface area is 211 Å². The number of fused-ring (bicyclic) bond motifs is 1. The summed E-state index contributed by atoms with van der Waals surface area (Å²) in [6.07, 6.45) is 2.93. The van der Waals surface area contributed by atoms with E-state index in [0.717, 1.165) is 36.1 Å². The van der Waals surface area contributed by atoms with Gasteiger partial charge in [-0.2, -0.15) is 5.10 Å². The van der Waals surface area contributed by atoms with Crippen LogP contribution in [0.2, 0.25) is 5.02 Å². The third-order valence-corrected chi connectivity index (χ3v) is 6.12. The van der Waals surface area contributed by atoms with Crippen LogP contribution >= 0.6 is 11.6 Å². The highest BCUT2D eigenvalue weighted by molar-refractivity contribution is 6.30. The summed E-state index contributed by atoms with van der Waals surface area (Å²) < 4.78 is 5.49. The maximum Gasteiger partial charge on any atom is 0.222 e. The molecular weight excluding hydrogens is 464 g/mol. The van der Waals surface area contributed by atoms with Crippen molar-refractivity contribution >= 4 is 34.7 Å². The third-order valence-electron chi connectivity index (χ3n) is 5.87. The van der Waals surface area contributed by atoms with Crippen LogP contribution in [-0.4, -0.2) is 43.7 Å². The highest BCUT2D eigenvalue weighted by atomic mass is 35.5. The van der Waals surface area contributed by atoms with Crippen LogP contribution in [0.5, 0.6) is 5.75 Å². The molecule has 1 atom stereocenters. The average Bonchev–Trinajstić information content (AvgIpc) is 2.98. The molecule has 1 aliphatic heterocycles. The smallest absolute Gasteiger partial charge is 0.222 e. The molecule has 35 heavy (non-hydrogen) atoms. The van der Waals surface area contributed by atoms with Gasteiger partial charge in [-0.25, -0.2) is 0 Å². The molecule has 1 heterocycles. The Bertz CT molecular complexity index is 1110. The van der Waals surface area contributed by atoms with Crippen molar-refractivity contribution < 1.29 is 9.53 Å². The number of amides is 1. The fourth-order valence-corrected chi connectivity index (χ4v) is 4.12. The van der Waals surface area contributed by atoms with Gasteiger partial charge in [0.2, 0.25) is 5.91 Å². The molecule has 0 spiro atoms. The molecule has 5 N–H and O–H groups in total. The molecule has 2 aromatic carbocycles. The van der Waals surface area contributed by atoms with Crippen molar-refractivity contribution in [2.45, 2.75) is 38.6 Å². The molecule has 0 aliphatic carbocycles. The molecule has 1 amide bonds. The molecule has 0 aromatic heterocycles. The Morgan fingerprint density at radius 2 is 1.97 bits per heavy atom. The van der Waals surface area contributed by atoms with E-state index < -0.39 is 6.04 Å². The van der Waals surface area contributed by atoms with Crippen LogP contribution in [-0.2, 0) is 4.79 Å². The number of hydrogen-bond acceptors (Lipinski definition) is 6. The van der Waals surface area contributed by atoms with Gasteiger partial charge in [0.15, 0.2) is 0 Å². The van der Waals surface area contributed by atoms with Crippen LogP contribution in [0.4, 0.5) is 5.69 Å². The summed E-state index contributed by atoms with van der Waals surface area (Å²) in [7, 11) is 1.61. The standard InChI is InChI=1S/C26H33ClN6O2/c1-17-23(16-25(34)30-14-6-4-5-13-28)31-26(19-7-9-20(27)10-8-19)22-15-21(35-3)11-12-24(22)33(17)18(2)32-29/h7-12,15,23H,1,4-6,13-14,16,28-29H2,2-3H3,(H,30,34)/b32-18-/t23-/m0/s1. The number of nitrogens with two attached hydrogens (primary N) is 2. The number of benzodiazepines with no additional fused rings is 1. The van der Waals surface area contributed by atoms with E-state index in [1.54, 1.807) is 14.0 Å². The summed E-state index contributed by atoms with van der Waals surface area (Å²) in [4.78, 5) is 19.7. The molecule has 0 bridgehead atoms. The van der Waals surface area contributed by atoms with E-state index in [4.69, 9.17) is 32.9 Å². The molecular formula is C26H33ClN6O2. The Balaban J connectivity index is 2.04. The van der Waals surface area contributed by atoms with Crippen molar-refractivity contribution in [3.63, 3.8) is 0 Å². The number of benzene rings is 2. The van der Waals surface area contributed by atoms with Crippen molar-refractivity contribution in [2.24, 2.45) is 21.7 Å². The maximum atomic E-state index is 12.9. The first-order chi connectivity index (χ1) is 16.9. The summed E-state index contributed by atoms with van der Waals surface area (Å²) in [6.45, 7) is 7.34. The number of rotatable bonds is 9. The van der Waals surface area contributed by atoms with Crippen LogP contribution < -0.4 is 26.5 Å². The normalized spacial score (nSPS) is 15.8. The van der Waals surface area contributed by atoms with E-state index in [0.29, 0.717) is 41.1 Å². The van der Waals surface area contributed by atoms with Gasteiger partial charge >= 0.3 is 0 Å². The van der Waals surface area contributed by atoms with Crippen LogP contribution in [0, 0.1) is 0 Å². The quantitative estimate of drug-likeness (QED) is 0.160. The number of nitrogens with zero attached hydrogens (tertiary/aromatic N) is 3. The predicted molar refractivity (Wildman–Crippen MR) is 143 cm³/mol. The summed E-state index contributed by atoms with van der Waals surface area (Å²) in [6, 6.07) is 12.6. The van der Waals surface area contributed by atoms with Crippen LogP contribution in [0.1, 0.15) is 43.7 Å². The van der Waals surface area contributed by atoms with Crippen molar-refractivity contribution in [3.8, 4) is 5.75 Å². The lowest BCUT2D eigenvalue weighted by atomic mass is 9.99. The highest BCUT2D eigenvalue weighted by Gasteiger charge is 2.31. The first-order valence-corrected chi connectivity index (χ1v) is 12.0. The summed E-state index contributed by atoms with van der Waals surface area (Å²) in [5.41, 5.74) is 9.30. The lowest BCUT2D eigenvalue weighted by Crippen LogP contribution is -2.36. The van der Waals surface area contributed by atoms with Gasteiger partial charge in [-0.3, -0.25) is 14.7 Å². The molecule has 2 aromatic rings. The summed E-state index contributed by atoms with van der Waals surface area (Å²) in [5, 5.41) is 7.53. The Morgan fingerprint density at radius 3 is 2.63 bits per heavy atom. The number of aliphatic imine (C=N–C) groups is 1. The third kappa shape index (κ3) is 6.41. The second kappa shape index (κ2) is 12.4. The summed E-state index contributed by atoms with van der Waals surface area (Å²) >= 11 is 6.14.